The van der Waals surface area contributed by atoms with Crippen molar-refractivity contribution in [2.45, 2.75) is 26.1 Å². The summed E-state index contributed by atoms with van der Waals surface area (Å²) in [6.45, 7) is 3.19. The van der Waals surface area contributed by atoms with Crippen molar-refractivity contribution in [3.8, 4) is 11.5 Å². The second-order valence-corrected chi connectivity index (χ2v) is 8.61. The Morgan fingerprint density at radius 2 is 1.57 bits per heavy atom. The minimum Gasteiger partial charge on any atom is -0.490 e. The lowest BCUT2D eigenvalue weighted by Gasteiger charge is -2.21. The fourth-order valence-electron chi connectivity index (χ4n) is 3.74. The number of nitrogens with zero attached hydrogens (tertiary/aromatic N) is 1. The Morgan fingerprint density at radius 3 is 2.14 bits per heavy atom. The second kappa shape index (κ2) is 14.3. The van der Waals surface area contributed by atoms with Crippen molar-refractivity contribution in [2.75, 3.05) is 31.7 Å². The van der Waals surface area contributed by atoms with E-state index in [0.29, 0.717) is 11.3 Å². The van der Waals surface area contributed by atoms with Gasteiger partial charge in [0.05, 0.1) is 25.4 Å². The van der Waals surface area contributed by atoms with Gasteiger partial charge < -0.3 is 30.4 Å². The van der Waals surface area contributed by atoms with E-state index in [1.54, 1.807) is 13.8 Å². The summed E-state index contributed by atoms with van der Waals surface area (Å²) >= 11 is 0. The van der Waals surface area contributed by atoms with Crippen LogP contribution in [-0.2, 0) is 15.7 Å². The van der Waals surface area contributed by atoms with Crippen LogP contribution in [0.5, 0.6) is 11.5 Å². The number of hydrogen-bond donors (Lipinski definition) is 3. The topological polar surface area (TPSA) is 132 Å². The summed E-state index contributed by atoms with van der Waals surface area (Å²) in [7, 11) is 0. The molecule has 0 saturated heterocycles. The van der Waals surface area contributed by atoms with Crippen LogP contribution in [0.25, 0.3) is 0 Å². The maximum atomic E-state index is 15.2. The molecule has 9 nitrogen and oxygen atoms in total. The summed E-state index contributed by atoms with van der Waals surface area (Å²) in [6.07, 6.45) is -4.54. The minimum atomic E-state index is -4.54. The van der Waals surface area contributed by atoms with Crippen LogP contribution in [0.4, 0.5) is 23.2 Å². The number of aliphatic hydroxyl groups excluding tert-OH is 1. The normalized spacial score (nSPS) is 12.4. The summed E-state index contributed by atoms with van der Waals surface area (Å²) in [5.74, 6) is -2.37. The molecular weight excluding hydrogens is 562 g/mol. The maximum absolute atomic E-state index is 15.2. The monoisotopic (exact) mass is 591 g/mol. The zero-order valence-electron chi connectivity index (χ0n) is 22.7. The highest BCUT2D eigenvalue weighted by Gasteiger charge is 2.30. The Morgan fingerprint density at radius 1 is 0.952 bits per heavy atom. The third kappa shape index (κ3) is 8.19. The van der Waals surface area contributed by atoms with Crippen molar-refractivity contribution in [3.63, 3.8) is 0 Å². The van der Waals surface area contributed by atoms with Gasteiger partial charge in [-0.05, 0) is 68.4 Å². The molecule has 0 saturated carbocycles. The molecule has 0 aliphatic carbocycles. The van der Waals surface area contributed by atoms with Gasteiger partial charge in [0, 0.05) is 28.4 Å². The average Bonchev–Trinajstić information content (AvgIpc) is 2.96. The van der Waals surface area contributed by atoms with Crippen LogP contribution >= 0.6 is 0 Å². The Balaban J connectivity index is 1.84. The van der Waals surface area contributed by atoms with E-state index in [-0.39, 0.29) is 54.9 Å². The van der Waals surface area contributed by atoms with Crippen LogP contribution < -0.4 is 20.5 Å². The van der Waals surface area contributed by atoms with E-state index in [9.17, 15) is 22.8 Å². The van der Waals surface area contributed by atoms with Gasteiger partial charge in [-0.1, -0.05) is 0 Å². The minimum absolute atomic E-state index is 0.0353. The fraction of sp³-hybridized carbons (Fsp3) is 0.276. The molecule has 0 radical (unpaired) electrons. The van der Waals surface area contributed by atoms with E-state index < -0.39 is 35.5 Å². The van der Waals surface area contributed by atoms with Gasteiger partial charge in [0.15, 0.2) is 17.5 Å². The Hall–Kier alpha value is -4.65. The van der Waals surface area contributed by atoms with E-state index in [0.717, 1.165) is 30.3 Å². The molecule has 1 amide bonds. The van der Waals surface area contributed by atoms with Crippen LogP contribution in [0.2, 0.25) is 0 Å². The highest BCUT2D eigenvalue weighted by atomic mass is 19.4. The van der Waals surface area contributed by atoms with E-state index in [1.807, 2.05) is 0 Å². The van der Waals surface area contributed by atoms with Crippen LogP contribution in [0.1, 0.15) is 46.9 Å². The number of nitrogens with two attached hydrogens (primary N) is 1. The Kier molecular flexibility index (Phi) is 10.9. The molecule has 0 spiro atoms. The van der Waals surface area contributed by atoms with Gasteiger partial charge in [-0.3, -0.25) is 4.79 Å². The lowest BCUT2D eigenvalue weighted by molar-refractivity contribution is -0.144. The number of alkyl halides is 3. The van der Waals surface area contributed by atoms with Gasteiger partial charge in [-0.15, -0.1) is 0 Å². The molecule has 1 unspecified atom stereocenters. The van der Waals surface area contributed by atoms with Crippen LogP contribution in [-0.4, -0.2) is 49.2 Å². The number of ether oxygens (including phenoxy) is 3. The van der Waals surface area contributed by atoms with Gasteiger partial charge in [-0.2, -0.15) is 18.2 Å². The van der Waals surface area contributed by atoms with Gasteiger partial charge in [-0.25, -0.2) is 9.18 Å². The zero-order chi connectivity index (χ0) is 30.9. The first-order valence-corrected chi connectivity index (χ1v) is 12.8. The molecule has 4 N–H and O–H groups in total. The number of halogens is 4. The predicted molar refractivity (Wildman–Crippen MR) is 146 cm³/mol. The number of aliphatic imine (C=N–C) groups is 1. The first-order valence-electron chi connectivity index (χ1n) is 12.8. The lowest BCUT2D eigenvalue weighted by atomic mass is 10.0. The number of anilines is 1. The summed E-state index contributed by atoms with van der Waals surface area (Å²) in [5.41, 5.74) is 5.54. The highest BCUT2D eigenvalue weighted by Crippen LogP contribution is 2.35. The van der Waals surface area contributed by atoms with Crippen molar-refractivity contribution in [1.82, 2.24) is 0 Å². The molecule has 0 bridgehead atoms. The SMILES string of the molecule is CCOC(=O)C(Nc1ccc(/C(N)=N/C(=O)c2ccc(C(F)(F)F)cc2)cc1)c1cc(OCC)c(OCCO)cc1F. The number of carbonyl (C=O) groups excluding carboxylic acids is 2. The predicted octanol–water partition coefficient (Wildman–Crippen LogP) is 4.88. The molecule has 3 aromatic rings. The quantitative estimate of drug-likeness (QED) is 0.118. The summed E-state index contributed by atoms with van der Waals surface area (Å²) in [4.78, 5) is 29.0. The number of rotatable bonds is 12. The molecule has 42 heavy (non-hydrogen) atoms. The van der Waals surface area contributed by atoms with Gasteiger partial charge >= 0.3 is 12.1 Å². The molecule has 0 aliphatic heterocycles. The number of aliphatic hydroxyl groups is 1. The standard InChI is InChI=1S/C29H29F4N3O6/c1-3-40-23-15-21(22(30)16-24(23)42-14-13-37)25(28(39)41-4-2)35-20-11-7-17(8-12-20)26(34)36-27(38)18-5-9-19(10-6-18)29(31,32)33/h5-12,15-16,25,35,37H,3-4,13-14H2,1-2H3,(H2,34,36,38). The fourth-order valence-corrected chi connectivity index (χ4v) is 3.74. The summed E-state index contributed by atoms with van der Waals surface area (Å²) in [6, 6.07) is 10.6. The van der Waals surface area contributed by atoms with Crippen molar-refractivity contribution in [3.05, 3.63) is 88.7 Å². The van der Waals surface area contributed by atoms with E-state index >= 15 is 4.39 Å². The molecule has 1 atom stereocenters. The smallest absolute Gasteiger partial charge is 0.416 e. The van der Waals surface area contributed by atoms with E-state index in [1.165, 1.54) is 30.3 Å². The third-order valence-electron chi connectivity index (χ3n) is 5.72. The van der Waals surface area contributed by atoms with E-state index in [4.69, 9.17) is 25.1 Å². The maximum Gasteiger partial charge on any atom is 0.416 e. The van der Waals surface area contributed by atoms with E-state index in [2.05, 4.69) is 10.3 Å². The molecule has 13 heteroatoms. The summed E-state index contributed by atoms with van der Waals surface area (Å²) in [5, 5.41) is 12.0. The molecule has 0 aliphatic rings. The number of benzene rings is 3. The molecule has 3 rings (SSSR count). The highest BCUT2D eigenvalue weighted by molar-refractivity contribution is 6.08. The third-order valence-corrected chi connectivity index (χ3v) is 5.72. The largest absolute Gasteiger partial charge is 0.490 e. The van der Waals surface area contributed by atoms with Crippen molar-refractivity contribution >= 4 is 23.4 Å². The molecule has 3 aromatic carbocycles. The van der Waals surface area contributed by atoms with Gasteiger partial charge in [0.25, 0.3) is 5.91 Å². The molecular formula is C29H29F4N3O6. The molecule has 0 heterocycles. The Labute approximate surface area is 238 Å². The first kappa shape index (κ1) is 31.9. The molecule has 224 valence electrons. The van der Waals surface area contributed by atoms with Crippen molar-refractivity contribution in [1.29, 1.82) is 0 Å². The van der Waals surface area contributed by atoms with Crippen molar-refractivity contribution < 1.29 is 46.5 Å². The number of amidine groups is 1. The lowest BCUT2D eigenvalue weighted by Crippen LogP contribution is -2.25. The van der Waals surface area contributed by atoms with Crippen LogP contribution in [0.3, 0.4) is 0 Å². The second-order valence-electron chi connectivity index (χ2n) is 8.61. The summed E-state index contributed by atoms with van der Waals surface area (Å²) < 4.78 is 69.5. The number of hydrogen-bond acceptors (Lipinski definition) is 7. The zero-order valence-corrected chi connectivity index (χ0v) is 22.7. The number of nitrogens with one attached hydrogen (secondary N) is 1. The van der Waals surface area contributed by atoms with Crippen LogP contribution in [0, 0.1) is 5.82 Å². The average molecular weight is 592 g/mol. The number of carbonyl (C=O) groups is 2. The number of amides is 1. The molecule has 0 fully saturated rings. The number of esters is 1. The van der Waals surface area contributed by atoms with Gasteiger partial charge in [0.1, 0.15) is 18.3 Å². The van der Waals surface area contributed by atoms with Crippen LogP contribution in [0.15, 0.2) is 65.7 Å². The van der Waals surface area contributed by atoms with Crippen molar-refractivity contribution in [2.24, 2.45) is 10.7 Å². The van der Waals surface area contributed by atoms with Gasteiger partial charge in [0.2, 0.25) is 0 Å². The first-order chi connectivity index (χ1) is 20.0. The Bertz CT molecular complexity index is 1410. The molecule has 0 aromatic heterocycles.